The number of rotatable bonds is 6. The topological polar surface area (TPSA) is 115 Å². The Morgan fingerprint density at radius 1 is 1.06 bits per heavy atom. The fourth-order valence-corrected chi connectivity index (χ4v) is 5.70. The third kappa shape index (κ3) is 5.29. The van der Waals surface area contributed by atoms with Gasteiger partial charge in [0.2, 0.25) is 10.0 Å². The summed E-state index contributed by atoms with van der Waals surface area (Å²) in [5.41, 5.74) is 2.17. The highest BCUT2D eigenvalue weighted by Gasteiger charge is 2.31. The number of amides is 2. The van der Waals surface area contributed by atoms with Gasteiger partial charge in [-0.25, -0.2) is 13.2 Å². The Labute approximate surface area is 207 Å². The van der Waals surface area contributed by atoms with Gasteiger partial charge < -0.3 is 9.30 Å². The Hall–Kier alpha value is -3.47. The molecule has 0 aliphatic carbocycles. The molecule has 1 aliphatic heterocycles. The molecular weight excluding hydrogens is 494 g/mol. The van der Waals surface area contributed by atoms with Crippen LogP contribution in [0.1, 0.15) is 32.0 Å². The van der Waals surface area contributed by atoms with E-state index >= 15 is 0 Å². The average molecular weight is 516 g/mol. The maximum Gasteiger partial charge on any atom is 0.338 e. The number of imide groups is 1. The SMILES string of the molecule is Cn1cccc1C(=O)NC(=O)COC(=O)c1ccc(Cl)c(S(=O)(=O)N2CCc3ccccc3C2)c1. The molecule has 11 heteroatoms. The Bertz CT molecular complexity index is 1420. The van der Waals surface area contributed by atoms with E-state index in [1.54, 1.807) is 19.3 Å². The number of nitrogens with one attached hydrogen (secondary N) is 1. The van der Waals surface area contributed by atoms with E-state index in [9.17, 15) is 22.8 Å². The van der Waals surface area contributed by atoms with E-state index in [1.165, 1.54) is 27.1 Å². The predicted octanol–water partition coefficient (Wildman–Crippen LogP) is 2.54. The number of esters is 1. The maximum atomic E-state index is 13.3. The first-order valence-electron chi connectivity index (χ1n) is 10.7. The molecule has 2 aromatic carbocycles. The van der Waals surface area contributed by atoms with Crippen LogP contribution in [0.25, 0.3) is 0 Å². The van der Waals surface area contributed by atoms with Crippen molar-refractivity contribution in [3.8, 4) is 0 Å². The molecule has 0 spiro atoms. The third-order valence-electron chi connectivity index (χ3n) is 5.64. The van der Waals surface area contributed by atoms with Gasteiger partial charge in [-0.15, -0.1) is 0 Å². The molecule has 1 aliphatic rings. The number of carbonyl (C=O) groups excluding carboxylic acids is 3. The van der Waals surface area contributed by atoms with Crippen LogP contribution < -0.4 is 5.32 Å². The second kappa shape index (κ2) is 10.0. The minimum Gasteiger partial charge on any atom is -0.452 e. The van der Waals surface area contributed by atoms with Crippen molar-refractivity contribution in [3.05, 3.63) is 88.2 Å². The van der Waals surface area contributed by atoms with Crippen molar-refractivity contribution >= 4 is 39.4 Å². The third-order valence-corrected chi connectivity index (χ3v) is 7.97. The van der Waals surface area contributed by atoms with Crippen LogP contribution in [0, 0.1) is 0 Å². The molecular formula is C24H22ClN3O6S. The van der Waals surface area contributed by atoms with Crippen molar-refractivity contribution in [2.75, 3.05) is 13.2 Å². The minimum atomic E-state index is -4.00. The van der Waals surface area contributed by atoms with Crippen molar-refractivity contribution in [1.82, 2.24) is 14.2 Å². The fourth-order valence-electron chi connectivity index (χ4n) is 3.78. The Balaban J connectivity index is 1.44. The molecule has 0 bridgehead atoms. The number of ether oxygens (including phenoxy) is 1. The van der Waals surface area contributed by atoms with Gasteiger partial charge in [-0.1, -0.05) is 35.9 Å². The zero-order valence-electron chi connectivity index (χ0n) is 18.7. The molecule has 0 fully saturated rings. The molecule has 3 aromatic rings. The van der Waals surface area contributed by atoms with Crippen LogP contribution in [0.15, 0.2) is 65.7 Å². The number of sulfonamides is 1. The van der Waals surface area contributed by atoms with Gasteiger partial charge in [-0.05, 0) is 47.9 Å². The van der Waals surface area contributed by atoms with E-state index in [2.05, 4.69) is 5.32 Å². The molecule has 0 saturated heterocycles. The number of benzene rings is 2. The number of fused-ring (bicyclic) bond motifs is 1. The van der Waals surface area contributed by atoms with Crippen molar-refractivity contribution in [2.45, 2.75) is 17.9 Å². The van der Waals surface area contributed by atoms with Gasteiger partial charge in [0.15, 0.2) is 6.61 Å². The standard InChI is InChI=1S/C24H22ClN3O6S/c1-27-11-4-7-20(27)23(30)26-22(29)15-34-24(31)17-8-9-19(25)21(13-17)35(32,33)28-12-10-16-5-2-3-6-18(16)14-28/h2-9,11,13H,10,12,14-15H2,1H3,(H,26,29,30). The molecule has 182 valence electrons. The highest BCUT2D eigenvalue weighted by molar-refractivity contribution is 7.89. The lowest BCUT2D eigenvalue weighted by molar-refractivity contribution is -0.123. The Morgan fingerprint density at radius 3 is 2.51 bits per heavy atom. The van der Waals surface area contributed by atoms with E-state index in [0.717, 1.165) is 17.2 Å². The van der Waals surface area contributed by atoms with Crippen molar-refractivity contribution in [2.24, 2.45) is 7.05 Å². The lowest BCUT2D eigenvalue weighted by Crippen LogP contribution is -2.36. The first-order valence-corrected chi connectivity index (χ1v) is 12.5. The molecule has 0 saturated carbocycles. The molecule has 0 radical (unpaired) electrons. The molecule has 4 rings (SSSR count). The summed E-state index contributed by atoms with van der Waals surface area (Å²) in [5.74, 6) is -2.39. The number of aryl methyl sites for hydroxylation is 1. The molecule has 9 nitrogen and oxygen atoms in total. The van der Waals surface area contributed by atoms with Crippen LogP contribution in [-0.2, 0) is 39.6 Å². The first-order chi connectivity index (χ1) is 16.7. The van der Waals surface area contributed by atoms with E-state index in [-0.39, 0.29) is 34.3 Å². The van der Waals surface area contributed by atoms with Crippen LogP contribution in [-0.4, -0.2) is 48.2 Å². The Morgan fingerprint density at radius 2 is 1.80 bits per heavy atom. The fraction of sp³-hybridized carbons (Fsp3) is 0.208. The highest BCUT2D eigenvalue weighted by atomic mass is 35.5. The number of carbonyl (C=O) groups is 3. The Kier molecular flexibility index (Phi) is 7.06. The summed E-state index contributed by atoms with van der Waals surface area (Å²) in [6, 6.07) is 14.5. The largest absolute Gasteiger partial charge is 0.452 e. The summed E-state index contributed by atoms with van der Waals surface area (Å²) in [6.45, 7) is -0.249. The molecule has 1 aromatic heterocycles. The van der Waals surface area contributed by atoms with Gasteiger partial charge in [-0.3, -0.25) is 14.9 Å². The number of aromatic nitrogens is 1. The second-order valence-corrected chi connectivity index (χ2v) is 10.3. The number of hydrogen-bond donors (Lipinski definition) is 1. The van der Waals surface area contributed by atoms with Gasteiger partial charge in [0.25, 0.3) is 11.8 Å². The smallest absolute Gasteiger partial charge is 0.338 e. The zero-order valence-corrected chi connectivity index (χ0v) is 20.3. The molecule has 2 heterocycles. The van der Waals surface area contributed by atoms with Crippen LogP contribution in [0.5, 0.6) is 0 Å². The molecule has 1 N–H and O–H groups in total. The average Bonchev–Trinajstić information content (AvgIpc) is 3.28. The summed E-state index contributed by atoms with van der Waals surface area (Å²) in [5, 5.41) is 2.09. The van der Waals surface area contributed by atoms with E-state index < -0.39 is 34.4 Å². The lowest BCUT2D eigenvalue weighted by Gasteiger charge is -2.28. The van der Waals surface area contributed by atoms with Crippen molar-refractivity contribution in [1.29, 1.82) is 0 Å². The normalized spacial score (nSPS) is 13.7. The van der Waals surface area contributed by atoms with E-state index in [0.29, 0.717) is 6.42 Å². The summed E-state index contributed by atoms with van der Waals surface area (Å²) in [4.78, 5) is 36.4. The number of halogens is 1. The summed E-state index contributed by atoms with van der Waals surface area (Å²) in [6.07, 6.45) is 2.21. The van der Waals surface area contributed by atoms with Gasteiger partial charge >= 0.3 is 5.97 Å². The van der Waals surface area contributed by atoms with Gasteiger partial charge in [0.1, 0.15) is 10.6 Å². The highest BCUT2D eigenvalue weighted by Crippen LogP contribution is 2.30. The quantitative estimate of drug-likeness (QED) is 0.504. The van der Waals surface area contributed by atoms with Crippen LogP contribution in [0.3, 0.4) is 0 Å². The monoisotopic (exact) mass is 515 g/mol. The molecule has 35 heavy (non-hydrogen) atoms. The molecule has 0 atom stereocenters. The maximum absolute atomic E-state index is 13.3. The van der Waals surface area contributed by atoms with Crippen LogP contribution in [0.2, 0.25) is 5.02 Å². The van der Waals surface area contributed by atoms with Gasteiger partial charge in [0, 0.05) is 26.3 Å². The van der Waals surface area contributed by atoms with Crippen molar-refractivity contribution < 1.29 is 27.5 Å². The minimum absolute atomic E-state index is 0.0358. The summed E-state index contributed by atoms with van der Waals surface area (Å²) >= 11 is 6.19. The van der Waals surface area contributed by atoms with Crippen molar-refractivity contribution in [3.63, 3.8) is 0 Å². The van der Waals surface area contributed by atoms with E-state index in [4.69, 9.17) is 16.3 Å². The van der Waals surface area contributed by atoms with Gasteiger partial charge in [0.05, 0.1) is 10.6 Å². The summed E-state index contributed by atoms with van der Waals surface area (Å²) < 4.78 is 34.4. The zero-order chi connectivity index (χ0) is 25.2. The first kappa shape index (κ1) is 24.6. The second-order valence-electron chi connectivity index (χ2n) is 7.96. The van der Waals surface area contributed by atoms with Gasteiger partial charge in [-0.2, -0.15) is 4.31 Å². The lowest BCUT2D eigenvalue weighted by atomic mass is 10.0. The number of nitrogens with zero attached hydrogens (tertiary/aromatic N) is 2. The molecule has 2 amide bonds. The molecule has 0 unspecified atom stereocenters. The van der Waals surface area contributed by atoms with Crippen LogP contribution in [0.4, 0.5) is 0 Å². The predicted molar refractivity (Wildman–Crippen MR) is 127 cm³/mol. The summed E-state index contributed by atoms with van der Waals surface area (Å²) in [7, 11) is -2.35. The number of hydrogen-bond acceptors (Lipinski definition) is 6. The van der Waals surface area contributed by atoms with Crippen LogP contribution >= 0.6 is 11.6 Å². The van der Waals surface area contributed by atoms with E-state index in [1.807, 2.05) is 24.3 Å².